The van der Waals surface area contributed by atoms with Crippen LogP contribution in [-0.4, -0.2) is 18.7 Å². The number of ketones is 1. The highest BCUT2D eigenvalue weighted by molar-refractivity contribution is 9.10. The summed E-state index contributed by atoms with van der Waals surface area (Å²) in [7, 11) is 1.58. The van der Waals surface area contributed by atoms with Crippen LogP contribution in [0.1, 0.15) is 31.8 Å². The van der Waals surface area contributed by atoms with Gasteiger partial charge in [-0.05, 0) is 41.5 Å². The van der Waals surface area contributed by atoms with Crippen LogP contribution in [0.25, 0.3) is 0 Å². The Morgan fingerprint density at radius 2 is 1.68 bits per heavy atom. The molecule has 0 aliphatic rings. The van der Waals surface area contributed by atoms with E-state index in [1.165, 1.54) is 0 Å². The number of amides is 1. The quantitative estimate of drug-likeness (QED) is 0.539. The molecule has 0 bridgehead atoms. The van der Waals surface area contributed by atoms with Gasteiger partial charge in [0.05, 0.1) is 5.56 Å². The van der Waals surface area contributed by atoms with E-state index in [0.717, 1.165) is 15.6 Å². The molecule has 0 radical (unpaired) electrons. The van der Waals surface area contributed by atoms with Gasteiger partial charge in [-0.25, -0.2) is 0 Å². The summed E-state index contributed by atoms with van der Waals surface area (Å²) in [6, 6.07) is 22.3. The first-order chi connectivity index (χ1) is 13.6. The average Bonchev–Trinajstić information content (AvgIpc) is 2.73. The normalized spacial score (nSPS) is 10.4. The summed E-state index contributed by atoms with van der Waals surface area (Å²) in [5.74, 6) is 0.293. The molecule has 0 fully saturated rings. The molecular weight excluding hydrogens is 418 g/mol. The Morgan fingerprint density at radius 3 is 2.43 bits per heavy atom. The van der Waals surface area contributed by atoms with Crippen LogP contribution in [0.15, 0.2) is 77.3 Å². The largest absolute Gasteiger partial charge is 0.488 e. The third-order valence-electron chi connectivity index (χ3n) is 4.26. The first-order valence-corrected chi connectivity index (χ1v) is 9.66. The lowest BCUT2D eigenvalue weighted by Crippen LogP contribution is -2.18. The van der Waals surface area contributed by atoms with Gasteiger partial charge < -0.3 is 10.1 Å². The molecule has 0 unspecified atom stereocenters. The van der Waals surface area contributed by atoms with E-state index in [0.29, 0.717) is 23.5 Å². The van der Waals surface area contributed by atoms with Crippen LogP contribution in [0.2, 0.25) is 0 Å². The van der Waals surface area contributed by atoms with Crippen LogP contribution in [0.3, 0.4) is 0 Å². The number of halogens is 1. The number of hydrogen-bond acceptors (Lipinski definition) is 3. The molecule has 0 heterocycles. The van der Waals surface area contributed by atoms with Crippen LogP contribution in [0, 0.1) is 0 Å². The minimum Gasteiger partial charge on any atom is -0.488 e. The lowest BCUT2D eigenvalue weighted by Gasteiger charge is -2.12. The standard InChI is InChI=1S/C23H20BrNO3/c1-25-23(27)18-9-5-8-17(12-18)13-21(26)20-14-19(24)10-11-22(20)28-15-16-6-3-2-4-7-16/h2-12,14H,13,15H2,1H3,(H,25,27). The van der Waals surface area contributed by atoms with Gasteiger partial charge in [0.1, 0.15) is 12.4 Å². The first kappa shape index (κ1) is 19.8. The molecule has 3 rings (SSSR count). The van der Waals surface area contributed by atoms with Gasteiger partial charge in [-0.1, -0.05) is 58.4 Å². The van der Waals surface area contributed by atoms with E-state index in [-0.39, 0.29) is 18.1 Å². The number of carbonyl (C=O) groups is 2. The predicted molar refractivity (Wildman–Crippen MR) is 113 cm³/mol. The molecule has 0 aliphatic heterocycles. The Hall–Kier alpha value is -2.92. The second kappa shape index (κ2) is 9.33. The summed E-state index contributed by atoms with van der Waals surface area (Å²) in [6.45, 7) is 0.384. The van der Waals surface area contributed by atoms with Crippen molar-refractivity contribution in [3.8, 4) is 5.75 Å². The van der Waals surface area contributed by atoms with Gasteiger partial charge in [-0.3, -0.25) is 9.59 Å². The van der Waals surface area contributed by atoms with Crippen LogP contribution in [0.4, 0.5) is 0 Å². The van der Waals surface area contributed by atoms with E-state index in [4.69, 9.17) is 4.74 Å². The van der Waals surface area contributed by atoms with Crippen molar-refractivity contribution in [3.63, 3.8) is 0 Å². The zero-order chi connectivity index (χ0) is 19.9. The molecule has 0 atom stereocenters. The average molecular weight is 438 g/mol. The Kier molecular flexibility index (Phi) is 6.61. The third kappa shape index (κ3) is 5.08. The fraction of sp³-hybridized carbons (Fsp3) is 0.130. The van der Waals surface area contributed by atoms with Gasteiger partial charge >= 0.3 is 0 Å². The van der Waals surface area contributed by atoms with Gasteiger partial charge in [0.25, 0.3) is 5.91 Å². The molecule has 4 nitrogen and oxygen atoms in total. The van der Waals surface area contributed by atoms with Crippen LogP contribution in [0.5, 0.6) is 5.75 Å². The summed E-state index contributed by atoms with van der Waals surface area (Å²) in [6.07, 6.45) is 0.184. The number of ether oxygens (including phenoxy) is 1. The second-order valence-corrected chi connectivity index (χ2v) is 7.21. The topological polar surface area (TPSA) is 55.4 Å². The van der Waals surface area contributed by atoms with Crippen molar-refractivity contribution in [1.29, 1.82) is 0 Å². The molecule has 3 aromatic rings. The second-order valence-electron chi connectivity index (χ2n) is 6.29. The molecule has 142 valence electrons. The first-order valence-electron chi connectivity index (χ1n) is 8.87. The van der Waals surface area contributed by atoms with E-state index in [1.54, 1.807) is 37.4 Å². The minimum atomic E-state index is -0.177. The summed E-state index contributed by atoms with van der Waals surface area (Å²) in [4.78, 5) is 24.8. The van der Waals surface area contributed by atoms with Crippen LogP contribution in [-0.2, 0) is 13.0 Å². The lowest BCUT2D eigenvalue weighted by atomic mass is 10.0. The van der Waals surface area contributed by atoms with Crippen molar-refractivity contribution in [2.45, 2.75) is 13.0 Å². The van der Waals surface area contributed by atoms with Gasteiger partial charge in [0, 0.05) is 23.5 Å². The molecule has 1 N–H and O–H groups in total. The maximum absolute atomic E-state index is 12.9. The maximum atomic E-state index is 12.9. The minimum absolute atomic E-state index is 0.0709. The Labute approximate surface area is 172 Å². The van der Waals surface area contributed by atoms with E-state index in [2.05, 4.69) is 21.2 Å². The smallest absolute Gasteiger partial charge is 0.251 e. The van der Waals surface area contributed by atoms with Gasteiger partial charge in [0.2, 0.25) is 0 Å². The van der Waals surface area contributed by atoms with Crippen molar-refractivity contribution in [1.82, 2.24) is 5.32 Å². The Balaban J connectivity index is 1.79. The van der Waals surface area contributed by atoms with Crippen molar-refractivity contribution in [3.05, 3.63) is 99.5 Å². The monoisotopic (exact) mass is 437 g/mol. The fourth-order valence-electron chi connectivity index (χ4n) is 2.83. The van der Waals surface area contributed by atoms with E-state index < -0.39 is 0 Å². The van der Waals surface area contributed by atoms with E-state index >= 15 is 0 Å². The number of carbonyl (C=O) groups excluding carboxylic acids is 2. The van der Waals surface area contributed by atoms with Crippen LogP contribution < -0.4 is 10.1 Å². The van der Waals surface area contributed by atoms with Crippen molar-refractivity contribution in [2.75, 3.05) is 7.05 Å². The zero-order valence-electron chi connectivity index (χ0n) is 15.4. The van der Waals surface area contributed by atoms with E-state index in [1.807, 2.05) is 42.5 Å². The number of rotatable bonds is 7. The van der Waals surface area contributed by atoms with E-state index in [9.17, 15) is 9.59 Å². The highest BCUT2D eigenvalue weighted by atomic mass is 79.9. The predicted octanol–water partition coefficient (Wildman–Crippen LogP) is 4.81. The van der Waals surface area contributed by atoms with Gasteiger partial charge in [-0.15, -0.1) is 0 Å². The van der Waals surface area contributed by atoms with Crippen molar-refractivity contribution >= 4 is 27.6 Å². The number of Topliss-reactive ketones (excluding diaryl/α,β-unsaturated/α-hetero) is 1. The summed E-state index contributed by atoms with van der Waals surface area (Å²) >= 11 is 3.43. The number of nitrogens with one attached hydrogen (secondary N) is 1. The molecule has 3 aromatic carbocycles. The molecule has 0 spiro atoms. The summed E-state index contributed by atoms with van der Waals surface area (Å²) < 4.78 is 6.72. The molecule has 0 aromatic heterocycles. The van der Waals surface area contributed by atoms with Crippen molar-refractivity contribution in [2.24, 2.45) is 0 Å². The van der Waals surface area contributed by atoms with Gasteiger partial charge in [-0.2, -0.15) is 0 Å². The Morgan fingerprint density at radius 1 is 0.929 bits per heavy atom. The molecule has 1 amide bonds. The molecule has 5 heteroatoms. The Bertz CT molecular complexity index is 986. The highest BCUT2D eigenvalue weighted by Crippen LogP contribution is 2.26. The molecule has 0 saturated carbocycles. The molecule has 28 heavy (non-hydrogen) atoms. The molecule has 0 aliphatic carbocycles. The summed E-state index contributed by atoms with van der Waals surface area (Å²) in [5.41, 5.74) is 2.85. The third-order valence-corrected chi connectivity index (χ3v) is 4.75. The molecular formula is C23H20BrNO3. The van der Waals surface area contributed by atoms with Crippen LogP contribution >= 0.6 is 15.9 Å². The number of hydrogen-bond donors (Lipinski definition) is 1. The summed E-state index contributed by atoms with van der Waals surface area (Å²) in [5, 5.41) is 2.59. The molecule has 0 saturated heterocycles. The SMILES string of the molecule is CNC(=O)c1cccc(CC(=O)c2cc(Br)ccc2OCc2ccccc2)c1. The van der Waals surface area contributed by atoms with Gasteiger partial charge in [0.15, 0.2) is 5.78 Å². The zero-order valence-corrected chi connectivity index (χ0v) is 17.0. The number of benzene rings is 3. The highest BCUT2D eigenvalue weighted by Gasteiger charge is 2.15. The fourth-order valence-corrected chi connectivity index (χ4v) is 3.19. The maximum Gasteiger partial charge on any atom is 0.251 e. The van der Waals surface area contributed by atoms with Crippen molar-refractivity contribution < 1.29 is 14.3 Å². The lowest BCUT2D eigenvalue weighted by molar-refractivity contribution is 0.0958.